The SMILES string of the molecule is CCCCCCCC/C=C\CCCCCCCCNC(=O)O[C@@H]1CC[C@@]2(C)C(CCC3C2CC[C@@]2(C)C3CC[C@@H]2[C@H](C)CCC(=O)NCCCCCC(=O)O)C1. The molecule has 0 bridgehead atoms. The number of carbonyl (C=O) groups excluding carboxylic acids is 2. The van der Waals surface area contributed by atoms with E-state index in [4.69, 9.17) is 9.84 Å². The van der Waals surface area contributed by atoms with Crippen molar-refractivity contribution in [1.29, 1.82) is 0 Å². The molecule has 4 unspecified atom stereocenters. The fourth-order valence-corrected chi connectivity index (χ4v) is 12.5. The van der Waals surface area contributed by atoms with Crippen molar-refractivity contribution >= 4 is 18.0 Å². The highest BCUT2D eigenvalue weighted by Gasteiger charge is 2.60. The maximum absolute atomic E-state index is 12.8. The second-order valence-electron chi connectivity index (χ2n) is 19.6. The Balaban J connectivity index is 1.06. The molecule has 322 valence electrons. The summed E-state index contributed by atoms with van der Waals surface area (Å²) >= 11 is 0. The summed E-state index contributed by atoms with van der Waals surface area (Å²) in [6.07, 6.45) is 38.0. The number of carbonyl (C=O) groups is 3. The Bertz CT molecular complexity index is 1190. The van der Waals surface area contributed by atoms with E-state index in [1.165, 1.54) is 128 Å². The molecule has 4 fully saturated rings. The van der Waals surface area contributed by atoms with Gasteiger partial charge in [0.05, 0.1) is 0 Å². The summed E-state index contributed by atoms with van der Waals surface area (Å²) in [5.74, 6) is 3.71. The Labute approximate surface area is 343 Å². The lowest BCUT2D eigenvalue weighted by molar-refractivity contribution is -0.137. The summed E-state index contributed by atoms with van der Waals surface area (Å²) in [5, 5.41) is 14.9. The van der Waals surface area contributed by atoms with Gasteiger partial charge in [-0.3, -0.25) is 9.59 Å². The van der Waals surface area contributed by atoms with Gasteiger partial charge in [0.2, 0.25) is 5.91 Å². The number of allylic oxidation sites excluding steroid dienone is 2. The third-order valence-corrected chi connectivity index (χ3v) is 15.8. The van der Waals surface area contributed by atoms with Gasteiger partial charge in [-0.25, -0.2) is 4.79 Å². The van der Waals surface area contributed by atoms with E-state index in [2.05, 4.69) is 50.5 Å². The van der Waals surface area contributed by atoms with Crippen molar-refractivity contribution in [2.45, 2.75) is 220 Å². The number of hydrogen-bond donors (Lipinski definition) is 3. The molecule has 2 amide bonds. The number of carboxylic acid groups (broad SMARTS) is 1. The smallest absolute Gasteiger partial charge is 0.407 e. The first-order chi connectivity index (χ1) is 27.1. The lowest BCUT2D eigenvalue weighted by Crippen LogP contribution is -2.54. The first kappa shape index (κ1) is 46.6. The molecular weight excluding hydrogens is 697 g/mol. The number of hydrogen-bond acceptors (Lipinski definition) is 4. The Kier molecular flexibility index (Phi) is 20.6. The van der Waals surface area contributed by atoms with Crippen LogP contribution in [0.25, 0.3) is 0 Å². The van der Waals surface area contributed by atoms with Crippen molar-refractivity contribution in [3.8, 4) is 0 Å². The Hall–Kier alpha value is -2.05. The molecule has 0 spiro atoms. The average Bonchev–Trinajstić information content (AvgIpc) is 3.53. The maximum Gasteiger partial charge on any atom is 0.407 e. The van der Waals surface area contributed by atoms with Crippen LogP contribution in [0.15, 0.2) is 12.2 Å². The number of nitrogens with one attached hydrogen (secondary N) is 2. The third kappa shape index (κ3) is 14.3. The Morgan fingerprint density at radius 2 is 1.30 bits per heavy atom. The van der Waals surface area contributed by atoms with Gasteiger partial charge in [0, 0.05) is 25.9 Å². The number of ether oxygens (including phenoxy) is 1. The largest absolute Gasteiger partial charge is 0.481 e. The van der Waals surface area contributed by atoms with Crippen molar-refractivity contribution in [1.82, 2.24) is 10.6 Å². The minimum Gasteiger partial charge on any atom is -0.481 e. The van der Waals surface area contributed by atoms with Crippen LogP contribution < -0.4 is 10.6 Å². The van der Waals surface area contributed by atoms with Gasteiger partial charge in [0.15, 0.2) is 0 Å². The monoisotopic (exact) mass is 783 g/mol. The topological polar surface area (TPSA) is 105 Å². The first-order valence-electron chi connectivity index (χ1n) is 24.2. The zero-order chi connectivity index (χ0) is 40.2. The van der Waals surface area contributed by atoms with Crippen LogP contribution in [0, 0.1) is 46.3 Å². The first-order valence-corrected chi connectivity index (χ1v) is 24.2. The molecule has 7 heteroatoms. The van der Waals surface area contributed by atoms with Gasteiger partial charge < -0.3 is 20.5 Å². The Morgan fingerprint density at radius 1 is 0.696 bits per heavy atom. The van der Waals surface area contributed by atoms with Crippen LogP contribution in [0.5, 0.6) is 0 Å². The predicted molar refractivity (Wildman–Crippen MR) is 230 cm³/mol. The summed E-state index contributed by atoms with van der Waals surface area (Å²) in [7, 11) is 0. The number of fused-ring (bicyclic) bond motifs is 5. The normalized spacial score (nSPS) is 30.3. The van der Waals surface area contributed by atoms with Crippen LogP contribution in [0.4, 0.5) is 4.79 Å². The number of unbranched alkanes of at least 4 members (excludes halogenated alkanes) is 14. The summed E-state index contributed by atoms with van der Waals surface area (Å²) in [6.45, 7) is 11.3. The predicted octanol–water partition coefficient (Wildman–Crippen LogP) is 13.0. The van der Waals surface area contributed by atoms with E-state index < -0.39 is 5.97 Å². The van der Waals surface area contributed by atoms with Gasteiger partial charge in [0.1, 0.15) is 6.10 Å². The van der Waals surface area contributed by atoms with E-state index in [0.29, 0.717) is 48.0 Å². The number of aliphatic carboxylic acids is 1. The summed E-state index contributed by atoms with van der Waals surface area (Å²) < 4.78 is 6.06. The molecule has 0 aromatic carbocycles. The van der Waals surface area contributed by atoms with E-state index in [1.54, 1.807) is 0 Å². The van der Waals surface area contributed by atoms with Crippen LogP contribution in [0.2, 0.25) is 0 Å². The zero-order valence-corrected chi connectivity index (χ0v) is 36.7. The van der Waals surface area contributed by atoms with Gasteiger partial charge in [-0.05, 0) is 155 Å². The maximum atomic E-state index is 12.8. The fourth-order valence-electron chi connectivity index (χ4n) is 12.5. The molecule has 3 N–H and O–H groups in total. The number of carboxylic acids is 1. The number of amides is 2. The van der Waals surface area contributed by atoms with Crippen LogP contribution in [-0.4, -0.2) is 42.3 Å². The van der Waals surface area contributed by atoms with Gasteiger partial charge in [-0.1, -0.05) is 104 Å². The summed E-state index contributed by atoms with van der Waals surface area (Å²) in [5.41, 5.74) is 0.743. The minimum absolute atomic E-state index is 0.0594. The van der Waals surface area contributed by atoms with E-state index in [0.717, 1.165) is 62.8 Å². The van der Waals surface area contributed by atoms with Crippen molar-refractivity contribution in [3.63, 3.8) is 0 Å². The van der Waals surface area contributed by atoms with Crippen LogP contribution in [0.1, 0.15) is 214 Å². The molecular formula is C49H86N2O5. The van der Waals surface area contributed by atoms with E-state index >= 15 is 0 Å². The highest BCUT2D eigenvalue weighted by Crippen LogP contribution is 2.68. The van der Waals surface area contributed by atoms with E-state index in [-0.39, 0.29) is 24.5 Å². The van der Waals surface area contributed by atoms with Gasteiger partial charge in [-0.2, -0.15) is 0 Å². The van der Waals surface area contributed by atoms with Gasteiger partial charge in [-0.15, -0.1) is 0 Å². The molecule has 0 heterocycles. The molecule has 4 aliphatic carbocycles. The third-order valence-electron chi connectivity index (χ3n) is 15.8. The summed E-state index contributed by atoms with van der Waals surface area (Å²) in [6, 6.07) is 0. The molecule has 4 aliphatic rings. The van der Waals surface area contributed by atoms with Crippen LogP contribution in [0.3, 0.4) is 0 Å². The minimum atomic E-state index is -0.745. The zero-order valence-electron chi connectivity index (χ0n) is 36.7. The molecule has 0 radical (unpaired) electrons. The number of alkyl carbamates (subject to hydrolysis) is 1. The highest BCUT2D eigenvalue weighted by atomic mass is 16.6. The molecule has 0 saturated heterocycles. The second kappa shape index (κ2) is 24.8. The van der Waals surface area contributed by atoms with E-state index in [1.807, 2.05) is 0 Å². The second-order valence-corrected chi connectivity index (χ2v) is 19.6. The lowest BCUT2D eigenvalue weighted by Gasteiger charge is -2.61. The molecule has 4 saturated carbocycles. The van der Waals surface area contributed by atoms with Crippen molar-refractivity contribution in [3.05, 3.63) is 12.2 Å². The molecule has 7 nitrogen and oxygen atoms in total. The fraction of sp³-hybridized carbons (Fsp3) is 0.898. The van der Waals surface area contributed by atoms with Crippen molar-refractivity contribution < 1.29 is 24.2 Å². The molecule has 0 aromatic rings. The van der Waals surface area contributed by atoms with Crippen molar-refractivity contribution in [2.75, 3.05) is 13.1 Å². The molecule has 9 atom stereocenters. The molecule has 56 heavy (non-hydrogen) atoms. The number of rotatable bonds is 27. The lowest BCUT2D eigenvalue weighted by atomic mass is 9.44. The van der Waals surface area contributed by atoms with Crippen LogP contribution in [-0.2, 0) is 14.3 Å². The molecule has 0 aromatic heterocycles. The molecule has 4 rings (SSSR count). The standard InChI is InChI=1S/C49H86N2O5/c1-5-6-7-8-9-10-11-12-13-14-15-16-17-18-19-22-36-51-47(55)56-40-31-33-48(3)39(37-40)26-27-41-43-29-28-42(49(43,4)34-32-44(41)48)38(2)25-30-45(52)50-35-23-20-21-24-46(53)54/h12-13,38-44H,5-11,14-37H2,1-4H3,(H,50,52)(H,51,55)(H,53,54)/b13-12-/t38-,39?,40-,41?,42-,43?,44?,48+,49-/m1/s1. The van der Waals surface area contributed by atoms with E-state index in [9.17, 15) is 14.4 Å². The van der Waals surface area contributed by atoms with Gasteiger partial charge in [0.25, 0.3) is 0 Å². The highest BCUT2D eigenvalue weighted by molar-refractivity contribution is 5.75. The van der Waals surface area contributed by atoms with Crippen molar-refractivity contribution in [2.24, 2.45) is 46.3 Å². The quantitative estimate of drug-likeness (QED) is 0.0568. The Morgan fingerprint density at radius 3 is 2.00 bits per heavy atom. The summed E-state index contributed by atoms with van der Waals surface area (Å²) in [4.78, 5) is 36.1. The van der Waals surface area contributed by atoms with Gasteiger partial charge >= 0.3 is 12.1 Å². The average molecular weight is 783 g/mol. The van der Waals surface area contributed by atoms with Crippen LogP contribution >= 0.6 is 0 Å². The molecule has 0 aliphatic heterocycles.